The molecule has 1 N–H and O–H groups in total. The molecule has 2 atom stereocenters. The summed E-state index contributed by atoms with van der Waals surface area (Å²) in [6.45, 7) is 2.16. The minimum absolute atomic E-state index is 0.144. The molecule has 1 rings (SSSR count). The zero-order chi connectivity index (χ0) is 12.5. The van der Waals surface area contributed by atoms with Crippen molar-refractivity contribution in [2.24, 2.45) is 0 Å². The van der Waals surface area contributed by atoms with Gasteiger partial charge in [0.25, 0.3) is 0 Å². The molecule has 0 heterocycles. The Bertz CT molecular complexity index is 342. The molecular formula is C15H20OS. The smallest absolute Gasteiger partial charge is 0.0959 e. The SMILES string of the molecule is C#CC(Sc1ccccc1)[C@H](O)CCCCC. The van der Waals surface area contributed by atoms with Gasteiger partial charge in [-0.3, -0.25) is 0 Å². The summed E-state index contributed by atoms with van der Waals surface area (Å²) in [7, 11) is 0. The molecule has 0 saturated carbocycles. The summed E-state index contributed by atoms with van der Waals surface area (Å²) in [5.41, 5.74) is 0. The van der Waals surface area contributed by atoms with Gasteiger partial charge in [0, 0.05) is 4.90 Å². The van der Waals surface area contributed by atoms with E-state index in [1.54, 1.807) is 11.8 Å². The number of thioether (sulfide) groups is 1. The van der Waals surface area contributed by atoms with Crippen molar-refractivity contribution in [1.29, 1.82) is 0 Å². The molecule has 1 aromatic carbocycles. The van der Waals surface area contributed by atoms with Crippen LogP contribution in [0.2, 0.25) is 0 Å². The molecule has 0 bridgehead atoms. The van der Waals surface area contributed by atoms with Crippen molar-refractivity contribution in [3.05, 3.63) is 30.3 Å². The van der Waals surface area contributed by atoms with Crippen LogP contribution in [0.25, 0.3) is 0 Å². The van der Waals surface area contributed by atoms with Gasteiger partial charge in [-0.2, -0.15) is 0 Å². The average molecular weight is 248 g/mol. The summed E-state index contributed by atoms with van der Waals surface area (Å²) in [5, 5.41) is 9.89. The molecule has 0 fully saturated rings. The van der Waals surface area contributed by atoms with Gasteiger partial charge in [0.2, 0.25) is 0 Å². The van der Waals surface area contributed by atoms with Crippen molar-refractivity contribution >= 4 is 11.8 Å². The number of benzene rings is 1. The van der Waals surface area contributed by atoms with Crippen LogP contribution >= 0.6 is 11.8 Å². The number of rotatable bonds is 7. The number of unbranched alkanes of at least 4 members (excludes halogenated alkanes) is 2. The summed E-state index contributed by atoms with van der Waals surface area (Å²) in [6, 6.07) is 9.99. The van der Waals surface area contributed by atoms with E-state index in [0.29, 0.717) is 0 Å². The van der Waals surface area contributed by atoms with Crippen molar-refractivity contribution in [1.82, 2.24) is 0 Å². The maximum atomic E-state index is 10.0. The molecule has 0 aliphatic carbocycles. The second-order valence-electron chi connectivity index (χ2n) is 4.08. The quantitative estimate of drug-likeness (QED) is 0.451. The molecule has 92 valence electrons. The van der Waals surface area contributed by atoms with Crippen LogP contribution in [0.1, 0.15) is 32.6 Å². The molecule has 0 aliphatic heterocycles. The monoisotopic (exact) mass is 248 g/mol. The highest BCUT2D eigenvalue weighted by atomic mass is 32.2. The minimum Gasteiger partial charge on any atom is -0.391 e. The first-order valence-corrected chi connectivity index (χ1v) is 7.01. The molecule has 0 aliphatic rings. The lowest BCUT2D eigenvalue weighted by Crippen LogP contribution is -2.21. The van der Waals surface area contributed by atoms with Crippen LogP contribution < -0.4 is 0 Å². The van der Waals surface area contributed by atoms with E-state index in [-0.39, 0.29) is 5.25 Å². The lowest BCUT2D eigenvalue weighted by molar-refractivity contribution is 0.171. The Morgan fingerprint density at radius 1 is 1.29 bits per heavy atom. The fourth-order valence-corrected chi connectivity index (χ4v) is 2.59. The zero-order valence-corrected chi connectivity index (χ0v) is 11.1. The predicted octanol–water partition coefficient (Wildman–Crippen LogP) is 3.72. The topological polar surface area (TPSA) is 20.2 Å². The largest absolute Gasteiger partial charge is 0.391 e. The minimum atomic E-state index is -0.406. The van der Waals surface area contributed by atoms with Gasteiger partial charge in [0.15, 0.2) is 0 Å². The van der Waals surface area contributed by atoms with Crippen molar-refractivity contribution in [2.45, 2.75) is 48.9 Å². The van der Waals surface area contributed by atoms with E-state index in [1.165, 1.54) is 6.42 Å². The van der Waals surface area contributed by atoms with E-state index in [0.717, 1.165) is 24.2 Å². The molecule has 1 nitrogen and oxygen atoms in total. The Balaban J connectivity index is 2.45. The second kappa shape index (κ2) is 8.22. The molecule has 0 aromatic heterocycles. The Morgan fingerprint density at radius 3 is 2.59 bits per heavy atom. The Hall–Kier alpha value is -0.910. The van der Waals surface area contributed by atoms with Gasteiger partial charge in [0.1, 0.15) is 0 Å². The summed E-state index contributed by atoms with van der Waals surface area (Å²) >= 11 is 1.57. The highest BCUT2D eigenvalue weighted by Gasteiger charge is 2.17. The highest BCUT2D eigenvalue weighted by molar-refractivity contribution is 8.00. The fourth-order valence-electron chi connectivity index (χ4n) is 1.62. The number of terminal acetylenes is 1. The third-order valence-corrected chi connectivity index (χ3v) is 3.87. The lowest BCUT2D eigenvalue weighted by atomic mass is 10.1. The molecule has 0 saturated heterocycles. The number of hydrogen-bond donors (Lipinski definition) is 1. The molecule has 1 aromatic rings. The van der Waals surface area contributed by atoms with Crippen LogP contribution in [0.4, 0.5) is 0 Å². The van der Waals surface area contributed by atoms with Crippen LogP contribution in [-0.2, 0) is 0 Å². The van der Waals surface area contributed by atoms with Gasteiger partial charge in [-0.1, -0.05) is 50.3 Å². The summed E-state index contributed by atoms with van der Waals surface area (Å²) < 4.78 is 0. The second-order valence-corrected chi connectivity index (χ2v) is 5.30. The van der Waals surface area contributed by atoms with E-state index >= 15 is 0 Å². The third kappa shape index (κ3) is 5.30. The van der Waals surface area contributed by atoms with Crippen LogP contribution in [0.3, 0.4) is 0 Å². The van der Waals surface area contributed by atoms with Crippen LogP contribution in [0.15, 0.2) is 35.2 Å². The van der Waals surface area contributed by atoms with Gasteiger partial charge in [-0.05, 0) is 18.6 Å². The van der Waals surface area contributed by atoms with Gasteiger partial charge >= 0.3 is 0 Å². The number of aliphatic hydroxyl groups is 1. The van der Waals surface area contributed by atoms with E-state index in [4.69, 9.17) is 6.42 Å². The van der Waals surface area contributed by atoms with Crippen LogP contribution in [-0.4, -0.2) is 16.5 Å². The number of aliphatic hydroxyl groups excluding tert-OH is 1. The third-order valence-electron chi connectivity index (χ3n) is 2.62. The Kier molecular flexibility index (Phi) is 6.84. The van der Waals surface area contributed by atoms with Crippen molar-refractivity contribution in [3.8, 4) is 12.3 Å². The normalized spacial score (nSPS) is 13.9. The van der Waals surface area contributed by atoms with Crippen LogP contribution in [0, 0.1) is 12.3 Å². The predicted molar refractivity (Wildman–Crippen MR) is 75.1 cm³/mol. The summed E-state index contributed by atoms with van der Waals surface area (Å²) in [6.07, 6.45) is 9.25. The molecule has 1 unspecified atom stereocenters. The van der Waals surface area contributed by atoms with Crippen molar-refractivity contribution in [3.63, 3.8) is 0 Å². The van der Waals surface area contributed by atoms with Gasteiger partial charge in [0.05, 0.1) is 11.4 Å². The molecule has 17 heavy (non-hydrogen) atoms. The Labute approximate surface area is 109 Å². The number of hydrogen-bond acceptors (Lipinski definition) is 2. The van der Waals surface area contributed by atoms with Crippen LogP contribution in [0.5, 0.6) is 0 Å². The van der Waals surface area contributed by atoms with Gasteiger partial charge in [-0.15, -0.1) is 18.2 Å². The van der Waals surface area contributed by atoms with E-state index in [9.17, 15) is 5.11 Å². The summed E-state index contributed by atoms with van der Waals surface area (Å²) in [5.74, 6) is 2.69. The Morgan fingerprint density at radius 2 is 2.00 bits per heavy atom. The molecule has 2 heteroatoms. The van der Waals surface area contributed by atoms with Gasteiger partial charge in [-0.25, -0.2) is 0 Å². The first-order valence-electron chi connectivity index (χ1n) is 6.13. The van der Waals surface area contributed by atoms with Gasteiger partial charge < -0.3 is 5.11 Å². The standard InChI is InChI=1S/C15H20OS/c1-3-5-7-12-14(16)15(4-2)17-13-10-8-6-9-11-13/h2,6,8-11,14-16H,3,5,7,12H2,1H3/t14-,15?/m1/s1. The maximum Gasteiger partial charge on any atom is 0.0959 e. The highest BCUT2D eigenvalue weighted by Crippen LogP contribution is 2.26. The molecule has 0 spiro atoms. The summed E-state index contributed by atoms with van der Waals surface area (Å²) in [4.78, 5) is 1.12. The molecular weight excluding hydrogens is 228 g/mol. The fraction of sp³-hybridized carbons (Fsp3) is 0.467. The van der Waals surface area contributed by atoms with Crippen molar-refractivity contribution in [2.75, 3.05) is 0 Å². The molecule has 0 amide bonds. The lowest BCUT2D eigenvalue weighted by Gasteiger charge is -2.17. The van der Waals surface area contributed by atoms with E-state index in [1.807, 2.05) is 30.3 Å². The average Bonchev–Trinajstić information content (AvgIpc) is 2.37. The molecule has 0 radical (unpaired) electrons. The zero-order valence-electron chi connectivity index (χ0n) is 10.3. The van der Waals surface area contributed by atoms with E-state index < -0.39 is 6.10 Å². The van der Waals surface area contributed by atoms with E-state index in [2.05, 4.69) is 12.8 Å². The first kappa shape index (κ1) is 14.2. The first-order chi connectivity index (χ1) is 8.27. The van der Waals surface area contributed by atoms with Crippen molar-refractivity contribution < 1.29 is 5.11 Å². The maximum absolute atomic E-state index is 10.0.